The SMILES string of the molecule is COc1cccc(C(CN=C(N)Nc2cc(OC)ccc2OC)N2CCCC2)c1.I. The Hall–Kier alpha value is -2.20. The third-order valence-corrected chi connectivity index (χ3v) is 5.16. The minimum absolute atomic E-state index is 0. The van der Waals surface area contributed by atoms with Crippen molar-refractivity contribution in [2.24, 2.45) is 10.7 Å². The van der Waals surface area contributed by atoms with Gasteiger partial charge in [0.1, 0.15) is 17.2 Å². The molecule has 2 aromatic rings. The molecule has 1 saturated heterocycles. The van der Waals surface area contributed by atoms with E-state index in [4.69, 9.17) is 19.9 Å². The van der Waals surface area contributed by atoms with Crippen LogP contribution >= 0.6 is 24.0 Å². The fourth-order valence-corrected chi connectivity index (χ4v) is 3.61. The summed E-state index contributed by atoms with van der Waals surface area (Å²) in [6, 6.07) is 13.8. The molecule has 30 heavy (non-hydrogen) atoms. The minimum Gasteiger partial charge on any atom is -0.497 e. The van der Waals surface area contributed by atoms with Crippen molar-refractivity contribution < 1.29 is 14.2 Å². The highest BCUT2D eigenvalue weighted by Crippen LogP contribution is 2.30. The van der Waals surface area contributed by atoms with Crippen molar-refractivity contribution in [3.05, 3.63) is 48.0 Å². The van der Waals surface area contributed by atoms with Gasteiger partial charge >= 0.3 is 0 Å². The Morgan fingerprint density at radius 3 is 2.40 bits per heavy atom. The van der Waals surface area contributed by atoms with Gasteiger partial charge < -0.3 is 25.3 Å². The van der Waals surface area contributed by atoms with Gasteiger partial charge in [0.25, 0.3) is 0 Å². The summed E-state index contributed by atoms with van der Waals surface area (Å²) in [6.07, 6.45) is 2.41. The highest BCUT2D eigenvalue weighted by molar-refractivity contribution is 14.0. The second-order valence-corrected chi connectivity index (χ2v) is 6.95. The Bertz CT molecular complexity index is 841. The first-order valence-electron chi connectivity index (χ1n) is 9.81. The topological polar surface area (TPSA) is 81.3 Å². The second kappa shape index (κ2) is 11.8. The average Bonchev–Trinajstić information content (AvgIpc) is 3.28. The first kappa shape index (κ1) is 24.1. The van der Waals surface area contributed by atoms with E-state index in [2.05, 4.69) is 27.3 Å². The molecule has 1 atom stereocenters. The molecule has 1 heterocycles. The summed E-state index contributed by atoms with van der Waals surface area (Å²) < 4.78 is 16.1. The lowest BCUT2D eigenvalue weighted by Gasteiger charge is -2.27. The second-order valence-electron chi connectivity index (χ2n) is 6.95. The van der Waals surface area contributed by atoms with Gasteiger partial charge in [0.05, 0.1) is 39.6 Å². The summed E-state index contributed by atoms with van der Waals surface area (Å²) in [6.45, 7) is 2.68. The largest absolute Gasteiger partial charge is 0.497 e. The molecule has 0 bridgehead atoms. The van der Waals surface area contributed by atoms with Gasteiger partial charge in [0.2, 0.25) is 0 Å². The lowest BCUT2D eigenvalue weighted by Crippen LogP contribution is -2.30. The van der Waals surface area contributed by atoms with Crippen molar-refractivity contribution in [2.45, 2.75) is 18.9 Å². The quantitative estimate of drug-likeness (QED) is 0.309. The number of benzene rings is 2. The third kappa shape index (κ3) is 6.15. The maximum Gasteiger partial charge on any atom is 0.193 e. The summed E-state index contributed by atoms with van der Waals surface area (Å²) in [4.78, 5) is 7.09. The predicted octanol–water partition coefficient (Wildman–Crippen LogP) is 3.89. The fourth-order valence-electron chi connectivity index (χ4n) is 3.61. The van der Waals surface area contributed by atoms with Crippen LogP contribution in [0, 0.1) is 0 Å². The van der Waals surface area contributed by atoms with Crippen molar-refractivity contribution in [2.75, 3.05) is 46.3 Å². The zero-order valence-electron chi connectivity index (χ0n) is 17.8. The molecule has 0 spiro atoms. The van der Waals surface area contributed by atoms with Crippen LogP contribution < -0.4 is 25.3 Å². The molecule has 0 saturated carbocycles. The monoisotopic (exact) mass is 526 g/mol. The van der Waals surface area contributed by atoms with Crippen LogP contribution in [0.3, 0.4) is 0 Å². The molecule has 3 rings (SSSR count). The van der Waals surface area contributed by atoms with E-state index >= 15 is 0 Å². The van der Waals surface area contributed by atoms with Gasteiger partial charge in [0.15, 0.2) is 5.96 Å². The van der Waals surface area contributed by atoms with Crippen molar-refractivity contribution >= 4 is 35.6 Å². The Balaban J connectivity index is 0.00000320. The van der Waals surface area contributed by atoms with E-state index < -0.39 is 0 Å². The van der Waals surface area contributed by atoms with E-state index in [9.17, 15) is 0 Å². The molecule has 1 aliphatic heterocycles. The zero-order valence-corrected chi connectivity index (χ0v) is 20.1. The van der Waals surface area contributed by atoms with E-state index in [0.29, 0.717) is 29.7 Å². The van der Waals surface area contributed by atoms with Crippen LogP contribution in [0.25, 0.3) is 0 Å². The molecule has 0 aliphatic carbocycles. The van der Waals surface area contributed by atoms with Crippen LogP contribution in [0.2, 0.25) is 0 Å². The third-order valence-electron chi connectivity index (χ3n) is 5.16. The van der Waals surface area contributed by atoms with Gasteiger partial charge in [-0.2, -0.15) is 0 Å². The molecule has 1 aliphatic rings. The van der Waals surface area contributed by atoms with Crippen molar-refractivity contribution in [3.63, 3.8) is 0 Å². The molecule has 1 unspecified atom stereocenters. The van der Waals surface area contributed by atoms with E-state index in [1.54, 1.807) is 21.3 Å². The number of nitrogens with one attached hydrogen (secondary N) is 1. The molecular weight excluding hydrogens is 495 g/mol. The standard InChI is InChI=1S/C22H30N4O3.HI/c1-27-17-8-6-7-16(13-17)20(26-11-4-5-12-26)15-24-22(23)25-19-14-18(28-2)9-10-21(19)29-3;/h6-10,13-14,20H,4-5,11-12,15H2,1-3H3,(H3,23,24,25);1H. The number of likely N-dealkylation sites (tertiary alicyclic amines) is 1. The van der Waals surface area contributed by atoms with Crippen LogP contribution in [0.15, 0.2) is 47.5 Å². The molecule has 0 aromatic heterocycles. The molecule has 3 N–H and O–H groups in total. The highest BCUT2D eigenvalue weighted by atomic mass is 127. The number of halogens is 1. The summed E-state index contributed by atoms with van der Waals surface area (Å²) >= 11 is 0. The Morgan fingerprint density at radius 1 is 1.03 bits per heavy atom. The average molecular weight is 526 g/mol. The molecular formula is C22H31IN4O3. The Kier molecular flexibility index (Phi) is 9.51. The summed E-state index contributed by atoms with van der Waals surface area (Å²) in [5.74, 6) is 2.58. The maximum absolute atomic E-state index is 6.20. The van der Waals surface area contributed by atoms with Gasteiger partial charge in [-0.1, -0.05) is 12.1 Å². The summed E-state index contributed by atoms with van der Waals surface area (Å²) in [5, 5.41) is 3.14. The summed E-state index contributed by atoms with van der Waals surface area (Å²) in [5.41, 5.74) is 8.10. The van der Waals surface area contributed by atoms with Crippen molar-refractivity contribution in [1.29, 1.82) is 0 Å². The lowest BCUT2D eigenvalue weighted by atomic mass is 10.1. The molecule has 7 nitrogen and oxygen atoms in total. The zero-order chi connectivity index (χ0) is 20.6. The molecule has 1 fully saturated rings. The molecule has 8 heteroatoms. The van der Waals surface area contributed by atoms with Crippen LogP contribution in [0.1, 0.15) is 24.4 Å². The van der Waals surface area contributed by atoms with E-state index in [0.717, 1.165) is 18.8 Å². The number of hydrogen-bond acceptors (Lipinski definition) is 5. The smallest absolute Gasteiger partial charge is 0.193 e. The minimum atomic E-state index is 0. The van der Waals surface area contributed by atoms with Gasteiger partial charge in [-0.05, 0) is 55.8 Å². The first-order valence-corrected chi connectivity index (χ1v) is 9.81. The Labute approximate surface area is 195 Å². The lowest BCUT2D eigenvalue weighted by molar-refractivity contribution is 0.251. The van der Waals surface area contributed by atoms with Gasteiger partial charge in [0, 0.05) is 6.07 Å². The van der Waals surface area contributed by atoms with Crippen molar-refractivity contribution in [1.82, 2.24) is 4.90 Å². The number of rotatable bonds is 8. The van der Waals surface area contributed by atoms with Crippen LogP contribution in [0.4, 0.5) is 5.69 Å². The van der Waals surface area contributed by atoms with E-state index in [1.807, 2.05) is 30.3 Å². The molecule has 164 valence electrons. The number of hydrogen-bond donors (Lipinski definition) is 2. The van der Waals surface area contributed by atoms with E-state index in [-0.39, 0.29) is 30.0 Å². The first-order chi connectivity index (χ1) is 14.1. The van der Waals surface area contributed by atoms with E-state index in [1.165, 1.54) is 18.4 Å². The number of methoxy groups -OCH3 is 3. The van der Waals surface area contributed by atoms with Gasteiger partial charge in [-0.25, -0.2) is 0 Å². The number of nitrogens with zero attached hydrogens (tertiary/aromatic N) is 2. The van der Waals surface area contributed by atoms with Crippen LogP contribution in [0.5, 0.6) is 17.2 Å². The number of aliphatic imine (C=N–C) groups is 1. The number of anilines is 1. The van der Waals surface area contributed by atoms with Crippen molar-refractivity contribution in [3.8, 4) is 17.2 Å². The predicted molar refractivity (Wildman–Crippen MR) is 132 cm³/mol. The molecule has 0 radical (unpaired) electrons. The number of ether oxygens (including phenoxy) is 3. The van der Waals surface area contributed by atoms with Crippen LogP contribution in [-0.4, -0.2) is 51.8 Å². The number of nitrogens with two attached hydrogens (primary N) is 1. The van der Waals surface area contributed by atoms with Crippen LogP contribution in [-0.2, 0) is 0 Å². The van der Waals surface area contributed by atoms with Gasteiger partial charge in [-0.3, -0.25) is 9.89 Å². The normalized spacial score (nSPS) is 15.2. The molecule has 2 aromatic carbocycles. The Morgan fingerprint density at radius 2 is 1.73 bits per heavy atom. The maximum atomic E-state index is 6.20. The number of guanidine groups is 1. The molecule has 0 amide bonds. The fraction of sp³-hybridized carbons (Fsp3) is 0.409. The van der Waals surface area contributed by atoms with Gasteiger partial charge in [-0.15, -0.1) is 24.0 Å². The highest BCUT2D eigenvalue weighted by Gasteiger charge is 2.23. The summed E-state index contributed by atoms with van der Waals surface area (Å²) in [7, 11) is 4.93.